The summed E-state index contributed by atoms with van der Waals surface area (Å²) in [4.78, 5) is 23.6. The van der Waals surface area contributed by atoms with Crippen molar-refractivity contribution in [1.82, 2.24) is 0 Å². The summed E-state index contributed by atoms with van der Waals surface area (Å²) < 4.78 is 10.2. The smallest absolute Gasteiger partial charge is 0.344 e. The highest BCUT2D eigenvalue weighted by molar-refractivity contribution is 6.34. The van der Waals surface area contributed by atoms with Crippen LogP contribution in [-0.2, 0) is 14.3 Å². The van der Waals surface area contributed by atoms with Gasteiger partial charge in [0, 0.05) is 0 Å². The molecule has 0 aromatic heterocycles. The number of hydrogen-bond donors (Lipinski definition) is 1. The molecular formula is C19H20ClNO4. The Bertz CT molecular complexity index is 766. The first-order valence-corrected chi connectivity index (χ1v) is 8.14. The topological polar surface area (TPSA) is 64.6 Å². The summed E-state index contributed by atoms with van der Waals surface area (Å²) in [5, 5.41) is 3.10. The van der Waals surface area contributed by atoms with Gasteiger partial charge in [0.15, 0.2) is 13.2 Å². The largest absolute Gasteiger partial charge is 0.482 e. The van der Waals surface area contributed by atoms with E-state index in [0.29, 0.717) is 16.5 Å². The number of rotatable bonds is 6. The number of aryl methyl sites for hydroxylation is 3. The second-order valence-electron chi connectivity index (χ2n) is 5.75. The van der Waals surface area contributed by atoms with Crippen LogP contribution in [0.4, 0.5) is 5.69 Å². The van der Waals surface area contributed by atoms with Crippen LogP contribution in [-0.4, -0.2) is 25.1 Å². The Kier molecular flexibility index (Phi) is 6.42. The van der Waals surface area contributed by atoms with Crippen LogP contribution in [0.5, 0.6) is 5.75 Å². The third-order valence-electron chi connectivity index (χ3n) is 3.41. The number of nitrogens with one attached hydrogen (secondary N) is 1. The van der Waals surface area contributed by atoms with Gasteiger partial charge in [0.25, 0.3) is 5.91 Å². The van der Waals surface area contributed by atoms with Crippen molar-refractivity contribution in [1.29, 1.82) is 0 Å². The summed E-state index contributed by atoms with van der Waals surface area (Å²) in [7, 11) is 0. The van der Waals surface area contributed by atoms with Crippen LogP contribution in [0.25, 0.3) is 0 Å². The summed E-state index contributed by atoms with van der Waals surface area (Å²) >= 11 is 6.13. The van der Waals surface area contributed by atoms with Gasteiger partial charge in [-0.25, -0.2) is 4.79 Å². The second kappa shape index (κ2) is 8.53. The minimum absolute atomic E-state index is 0.263. The number of amides is 1. The number of ether oxygens (including phenoxy) is 2. The predicted octanol–water partition coefficient (Wildman–Crippen LogP) is 3.83. The zero-order valence-electron chi connectivity index (χ0n) is 14.4. The average Bonchev–Trinajstić information content (AvgIpc) is 2.54. The summed E-state index contributed by atoms with van der Waals surface area (Å²) in [6.07, 6.45) is 0. The van der Waals surface area contributed by atoms with Crippen molar-refractivity contribution in [3.05, 3.63) is 58.1 Å². The van der Waals surface area contributed by atoms with Crippen molar-refractivity contribution < 1.29 is 19.1 Å². The number of esters is 1. The minimum Gasteiger partial charge on any atom is -0.482 e. The summed E-state index contributed by atoms with van der Waals surface area (Å²) in [6.45, 7) is 5.02. The molecule has 0 atom stereocenters. The Morgan fingerprint density at radius 2 is 1.80 bits per heavy atom. The molecule has 5 nitrogen and oxygen atoms in total. The number of anilines is 1. The number of carbonyl (C=O) groups is 2. The molecule has 1 N–H and O–H groups in total. The van der Waals surface area contributed by atoms with E-state index in [4.69, 9.17) is 21.1 Å². The number of hydrogen-bond acceptors (Lipinski definition) is 4. The minimum atomic E-state index is -0.622. The molecule has 2 rings (SSSR count). The molecule has 0 heterocycles. The summed E-state index contributed by atoms with van der Waals surface area (Å²) in [6, 6.07) is 11.0. The van der Waals surface area contributed by atoms with Gasteiger partial charge in [0.2, 0.25) is 0 Å². The molecule has 132 valence electrons. The van der Waals surface area contributed by atoms with Gasteiger partial charge in [0.1, 0.15) is 5.75 Å². The van der Waals surface area contributed by atoms with Gasteiger partial charge in [-0.1, -0.05) is 29.8 Å². The van der Waals surface area contributed by atoms with E-state index in [2.05, 4.69) is 5.32 Å². The van der Waals surface area contributed by atoms with Crippen molar-refractivity contribution in [2.45, 2.75) is 20.8 Å². The lowest BCUT2D eigenvalue weighted by atomic mass is 10.1. The summed E-state index contributed by atoms with van der Waals surface area (Å²) in [5.41, 5.74) is 3.38. The molecule has 2 aromatic carbocycles. The zero-order valence-corrected chi connectivity index (χ0v) is 15.1. The number of halogens is 1. The maximum atomic E-state index is 11.9. The van der Waals surface area contributed by atoms with E-state index in [1.165, 1.54) is 0 Å². The quantitative estimate of drug-likeness (QED) is 0.794. The van der Waals surface area contributed by atoms with Crippen molar-refractivity contribution in [3.63, 3.8) is 0 Å². The Labute approximate surface area is 151 Å². The van der Waals surface area contributed by atoms with Crippen molar-refractivity contribution in [3.8, 4) is 5.75 Å². The molecule has 0 aliphatic carbocycles. The van der Waals surface area contributed by atoms with E-state index in [9.17, 15) is 9.59 Å². The number of carbonyl (C=O) groups excluding carboxylic acids is 2. The van der Waals surface area contributed by atoms with Gasteiger partial charge in [-0.3, -0.25) is 4.79 Å². The molecule has 0 aliphatic rings. The summed E-state index contributed by atoms with van der Waals surface area (Å²) in [5.74, 6) is -0.510. The molecule has 0 radical (unpaired) electrons. The average molecular weight is 362 g/mol. The Hall–Kier alpha value is -2.53. The fourth-order valence-corrected chi connectivity index (χ4v) is 2.65. The van der Waals surface area contributed by atoms with E-state index >= 15 is 0 Å². The Morgan fingerprint density at radius 1 is 1.04 bits per heavy atom. The lowest BCUT2D eigenvalue weighted by molar-refractivity contribution is -0.149. The monoisotopic (exact) mass is 361 g/mol. The van der Waals surface area contributed by atoms with Crippen LogP contribution >= 0.6 is 11.6 Å². The lowest BCUT2D eigenvalue weighted by Crippen LogP contribution is -2.24. The molecule has 2 aromatic rings. The standard InChI is InChI=1S/C19H20ClNO4/c1-12-5-4-6-15(8-12)24-11-18(23)25-10-17(22)21-19-14(3)7-13(2)9-16(19)20/h4-9H,10-11H2,1-3H3,(H,21,22). The van der Waals surface area contributed by atoms with Gasteiger partial charge < -0.3 is 14.8 Å². The lowest BCUT2D eigenvalue weighted by Gasteiger charge is -2.12. The van der Waals surface area contributed by atoms with E-state index in [1.54, 1.807) is 12.1 Å². The predicted molar refractivity (Wildman–Crippen MR) is 97.2 cm³/mol. The van der Waals surface area contributed by atoms with Crippen LogP contribution in [0, 0.1) is 20.8 Å². The van der Waals surface area contributed by atoms with E-state index in [0.717, 1.165) is 16.7 Å². The normalized spacial score (nSPS) is 10.2. The first-order valence-electron chi connectivity index (χ1n) is 7.77. The van der Waals surface area contributed by atoms with Crippen LogP contribution in [0.2, 0.25) is 5.02 Å². The maximum absolute atomic E-state index is 11.9. The zero-order chi connectivity index (χ0) is 18.4. The highest BCUT2D eigenvalue weighted by Gasteiger charge is 2.12. The molecule has 0 unspecified atom stereocenters. The number of benzene rings is 2. The molecule has 0 spiro atoms. The molecule has 0 saturated carbocycles. The van der Waals surface area contributed by atoms with Crippen LogP contribution < -0.4 is 10.1 Å². The molecule has 6 heteroatoms. The highest BCUT2D eigenvalue weighted by Crippen LogP contribution is 2.27. The third kappa shape index (κ3) is 5.80. The van der Waals surface area contributed by atoms with Crippen molar-refractivity contribution in [2.75, 3.05) is 18.5 Å². The molecule has 1 amide bonds. The molecule has 0 bridgehead atoms. The SMILES string of the molecule is Cc1cccc(OCC(=O)OCC(=O)Nc2c(C)cc(C)cc2Cl)c1. The Balaban J connectivity index is 1.81. The molecule has 0 aliphatic heterocycles. The molecule has 0 fully saturated rings. The van der Waals surface area contributed by atoms with Gasteiger partial charge in [-0.2, -0.15) is 0 Å². The molecule has 0 saturated heterocycles. The van der Waals surface area contributed by atoms with Crippen LogP contribution in [0.1, 0.15) is 16.7 Å². The van der Waals surface area contributed by atoms with Gasteiger partial charge in [0.05, 0.1) is 10.7 Å². The van der Waals surface area contributed by atoms with Crippen molar-refractivity contribution in [2.24, 2.45) is 0 Å². The molecule has 25 heavy (non-hydrogen) atoms. The second-order valence-corrected chi connectivity index (χ2v) is 6.16. The third-order valence-corrected chi connectivity index (χ3v) is 3.70. The first kappa shape index (κ1) is 18.8. The van der Waals surface area contributed by atoms with Gasteiger partial charge >= 0.3 is 5.97 Å². The van der Waals surface area contributed by atoms with E-state index < -0.39 is 18.5 Å². The highest BCUT2D eigenvalue weighted by atomic mass is 35.5. The fraction of sp³-hybridized carbons (Fsp3) is 0.263. The Morgan fingerprint density at radius 3 is 2.48 bits per heavy atom. The maximum Gasteiger partial charge on any atom is 0.344 e. The van der Waals surface area contributed by atoms with Gasteiger partial charge in [-0.05, 0) is 55.7 Å². The van der Waals surface area contributed by atoms with E-state index in [1.807, 2.05) is 45.0 Å². The van der Waals surface area contributed by atoms with Crippen molar-refractivity contribution >= 4 is 29.2 Å². The molecular weight excluding hydrogens is 342 g/mol. The fourth-order valence-electron chi connectivity index (χ4n) is 2.28. The van der Waals surface area contributed by atoms with Crippen LogP contribution in [0.15, 0.2) is 36.4 Å². The van der Waals surface area contributed by atoms with Gasteiger partial charge in [-0.15, -0.1) is 0 Å². The first-order chi connectivity index (χ1) is 11.8. The van der Waals surface area contributed by atoms with Crippen LogP contribution in [0.3, 0.4) is 0 Å². The van der Waals surface area contributed by atoms with E-state index in [-0.39, 0.29) is 6.61 Å².